The Labute approximate surface area is 110 Å². The molecule has 1 aromatic carbocycles. The lowest BCUT2D eigenvalue weighted by molar-refractivity contribution is 0.242. The van der Waals surface area contributed by atoms with Crippen LogP contribution in [0.3, 0.4) is 0 Å². The van der Waals surface area contributed by atoms with Gasteiger partial charge in [0.1, 0.15) is 5.75 Å². The minimum atomic E-state index is -0.151. The number of ether oxygens (including phenoxy) is 1. The summed E-state index contributed by atoms with van der Waals surface area (Å²) in [6.45, 7) is 3.83. The Morgan fingerprint density at radius 2 is 1.94 bits per heavy atom. The maximum atomic E-state index is 6.04. The highest BCUT2D eigenvalue weighted by Crippen LogP contribution is 2.29. The summed E-state index contributed by atoms with van der Waals surface area (Å²) in [6.07, 6.45) is 0.0450. The Bertz CT molecular complexity index is 480. The van der Waals surface area contributed by atoms with E-state index >= 15 is 0 Å². The third-order valence-electron chi connectivity index (χ3n) is 1.77. The van der Waals surface area contributed by atoms with Gasteiger partial charge in [0, 0.05) is 0 Å². The molecule has 7 heteroatoms. The number of guanidine groups is 2. The summed E-state index contributed by atoms with van der Waals surface area (Å²) >= 11 is 6.04. The second-order valence-electron chi connectivity index (χ2n) is 3.79. The van der Waals surface area contributed by atoms with Crippen LogP contribution in [0, 0.1) is 0 Å². The van der Waals surface area contributed by atoms with Crippen molar-refractivity contribution in [1.82, 2.24) is 0 Å². The number of halogens is 1. The number of aliphatic imine (C=N–C) groups is 2. The summed E-state index contributed by atoms with van der Waals surface area (Å²) in [4.78, 5) is 7.59. The molecule has 98 valence electrons. The van der Waals surface area contributed by atoms with E-state index in [0.717, 1.165) is 0 Å². The van der Waals surface area contributed by atoms with Crippen LogP contribution < -0.4 is 21.9 Å². The molecule has 0 unspecified atom stereocenters. The Hall–Kier alpha value is -1.95. The second kappa shape index (κ2) is 6.11. The fourth-order valence-corrected chi connectivity index (χ4v) is 1.42. The van der Waals surface area contributed by atoms with Crippen molar-refractivity contribution in [1.29, 1.82) is 0 Å². The molecule has 0 saturated carbocycles. The highest BCUT2D eigenvalue weighted by Gasteiger charge is 2.05. The second-order valence-corrected chi connectivity index (χ2v) is 4.20. The third kappa shape index (κ3) is 4.50. The Morgan fingerprint density at radius 1 is 1.28 bits per heavy atom. The van der Waals surface area contributed by atoms with Gasteiger partial charge in [-0.2, -0.15) is 4.99 Å². The molecule has 0 spiro atoms. The molecule has 0 fully saturated rings. The van der Waals surface area contributed by atoms with Crippen LogP contribution in [0.4, 0.5) is 5.69 Å². The molecule has 1 rings (SSSR count). The first-order valence-electron chi connectivity index (χ1n) is 5.28. The topological polar surface area (TPSA) is 112 Å². The zero-order valence-corrected chi connectivity index (χ0v) is 11.0. The van der Waals surface area contributed by atoms with Crippen molar-refractivity contribution >= 4 is 29.2 Å². The van der Waals surface area contributed by atoms with E-state index < -0.39 is 0 Å². The molecule has 6 N–H and O–H groups in total. The van der Waals surface area contributed by atoms with E-state index in [-0.39, 0.29) is 18.0 Å². The molecule has 1 aromatic rings. The minimum absolute atomic E-state index is 0.0383. The van der Waals surface area contributed by atoms with Crippen LogP contribution in [0.5, 0.6) is 5.75 Å². The van der Waals surface area contributed by atoms with E-state index in [1.807, 2.05) is 13.8 Å². The fraction of sp³-hybridized carbons (Fsp3) is 0.273. The lowest BCUT2D eigenvalue weighted by Gasteiger charge is -2.11. The van der Waals surface area contributed by atoms with Crippen LogP contribution in [-0.2, 0) is 0 Å². The molecule has 0 radical (unpaired) electrons. The van der Waals surface area contributed by atoms with Gasteiger partial charge in [-0.1, -0.05) is 11.6 Å². The molecule has 0 atom stereocenters. The van der Waals surface area contributed by atoms with E-state index in [2.05, 4.69) is 9.98 Å². The highest BCUT2D eigenvalue weighted by atomic mass is 35.5. The first-order valence-corrected chi connectivity index (χ1v) is 5.66. The van der Waals surface area contributed by atoms with Crippen molar-refractivity contribution in [3.8, 4) is 5.75 Å². The number of rotatable bonds is 3. The largest absolute Gasteiger partial charge is 0.489 e. The molecular weight excluding hydrogens is 254 g/mol. The first kappa shape index (κ1) is 14.1. The smallest absolute Gasteiger partial charge is 0.223 e. The van der Waals surface area contributed by atoms with E-state index in [1.54, 1.807) is 18.2 Å². The van der Waals surface area contributed by atoms with Crippen LogP contribution >= 0.6 is 11.6 Å². The lowest BCUT2D eigenvalue weighted by atomic mass is 10.3. The van der Waals surface area contributed by atoms with Crippen molar-refractivity contribution in [3.05, 3.63) is 23.2 Å². The van der Waals surface area contributed by atoms with Crippen LogP contribution in [0.2, 0.25) is 5.02 Å². The molecule has 0 bridgehead atoms. The van der Waals surface area contributed by atoms with Gasteiger partial charge < -0.3 is 21.9 Å². The summed E-state index contributed by atoms with van der Waals surface area (Å²) in [5.74, 6) is 0.400. The average molecular weight is 270 g/mol. The van der Waals surface area contributed by atoms with Crippen molar-refractivity contribution < 1.29 is 4.74 Å². The molecule has 0 amide bonds. The van der Waals surface area contributed by atoms with Gasteiger partial charge in [0.05, 0.1) is 16.8 Å². The Balaban J connectivity index is 2.94. The van der Waals surface area contributed by atoms with Gasteiger partial charge in [-0.05, 0) is 32.0 Å². The number of hydrogen-bond acceptors (Lipinski definition) is 2. The van der Waals surface area contributed by atoms with E-state index in [1.165, 1.54) is 0 Å². The van der Waals surface area contributed by atoms with Crippen LogP contribution in [-0.4, -0.2) is 18.0 Å². The van der Waals surface area contributed by atoms with Crippen LogP contribution in [0.25, 0.3) is 0 Å². The molecule has 18 heavy (non-hydrogen) atoms. The van der Waals surface area contributed by atoms with E-state index in [4.69, 9.17) is 33.5 Å². The average Bonchev–Trinajstić information content (AvgIpc) is 2.20. The quantitative estimate of drug-likeness (QED) is 0.568. The molecule has 0 aliphatic rings. The normalized spacial score (nSPS) is 11.4. The van der Waals surface area contributed by atoms with Crippen LogP contribution in [0.1, 0.15) is 13.8 Å². The lowest BCUT2D eigenvalue weighted by Crippen LogP contribution is -2.26. The molecular formula is C11H16ClN5O. The maximum Gasteiger partial charge on any atom is 0.223 e. The Morgan fingerprint density at radius 3 is 2.44 bits per heavy atom. The standard InChI is InChI=1S/C11H16ClN5O/c1-6(2)18-9-4-3-7(5-8(9)12)16-11(15)17-10(13)14/h3-6H,1-2H3,(H6,13,14,15,16,17). The molecule has 0 aliphatic heterocycles. The first-order chi connectivity index (χ1) is 8.38. The van der Waals surface area contributed by atoms with Crippen molar-refractivity contribution in [2.75, 3.05) is 0 Å². The summed E-state index contributed by atoms with van der Waals surface area (Å²) in [5.41, 5.74) is 16.4. The van der Waals surface area contributed by atoms with Gasteiger partial charge in [-0.3, -0.25) is 0 Å². The summed E-state index contributed by atoms with van der Waals surface area (Å²) < 4.78 is 5.49. The fourth-order valence-electron chi connectivity index (χ4n) is 1.20. The van der Waals surface area contributed by atoms with Gasteiger partial charge in [0.15, 0.2) is 5.96 Å². The van der Waals surface area contributed by atoms with Crippen LogP contribution in [0.15, 0.2) is 28.2 Å². The van der Waals surface area contributed by atoms with Crippen molar-refractivity contribution in [2.45, 2.75) is 20.0 Å². The van der Waals surface area contributed by atoms with Gasteiger partial charge in [0.25, 0.3) is 0 Å². The van der Waals surface area contributed by atoms with Crippen molar-refractivity contribution in [2.24, 2.45) is 27.2 Å². The highest BCUT2D eigenvalue weighted by molar-refractivity contribution is 6.32. The SMILES string of the molecule is CC(C)Oc1ccc(N=C(N)N=C(N)N)cc1Cl. The van der Waals surface area contributed by atoms with Gasteiger partial charge in [0.2, 0.25) is 5.96 Å². The number of benzene rings is 1. The predicted octanol–water partition coefficient (Wildman–Crippen LogP) is 1.35. The molecule has 0 heterocycles. The predicted molar refractivity (Wildman–Crippen MR) is 74.3 cm³/mol. The third-order valence-corrected chi connectivity index (χ3v) is 2.06. The molecule has 0 aliphatic carbocycles. The van der Waals surface area contributed by atoms with Gasteiger partial charge in [-0.25, -0.2) is 4.99 Å². The molecule has 0 aromatic heterocycles. The van der Waals surface area contributed by atoms with Gasteiger partial charge in [-0.15, -0.1) is 0 Å². The zero-order chi connectivity index (χ0) is 13.7. The maximum absolute atomic E-state index is 6.04. The van der Waals surface area contributed by atoms with Gasteiger partial charge >= 0.3 is 0 Å². The Kier molecular flexibility index (Phi) is 4.79. The summed E-state index contributed by atoms with van der Waals surface area (Å²) in [6, 6.07) is 5.04. The van der Waals surface area contributed by atoms with Crippen molar-refractivity contribution in [3.63, 3.8) is 0 Å². The summed E-state index contributed by atoms with van der Waals surface area (Å²) in [7, 11) is 0. The molecule has 6 nitrogen and oxygen atoms in total. The number of nitrogens with zero attached hydrogens (tertiary/aromatic N) is 2. The minimum Gasteiger partial charge on any atom is -0.489 e. The monoisotopic (exact) mass is 269 g/mol. The number of hydrogen-bond donors (Lipinski definition) is 3. The van der Waals surface area contributed by atoms with E-state index in [9.17, 15) is 0 Å². The van der Waals surface area contributed by atoms with E-state index in [0.29, 0.717) is 16.5 Å². The zero-order valence-electron chi connectivity index (χ0n) is 10.2. The summed E-state index contributed by atoms with van der Waals surface area (Å²) in [5, 5.41) is 0.447. The molecule has 0 saturated heterocycles. The number of nitrogens with two attached hydrogens (primary N) is 3.